The van der Waals surface area contributed by atoms with Gasteiger partial charge in [-0.25, -0.2) is 0 Å². The summed E-state index contributed by atoms with van der Waals surface area (Å²) in [5.41, 5.74) is 1.27. The summed E-state index contributed by atoms with van der Waals surface area (Å²) in [6.07, 6.45) is 1.25. The summed E-state index contributed by atoms with van der Waals surface area (Å²) < 4.78 is 5.10. The van der Waals surface area contributed by atoms with Gasteiger partial charge < -0.3 is 14.6 Å². The molecule has 3 rings (SSSR count). The zero-order chi connectivity index (χ0) is 14.8. The van der Waals surface area contributed by atoms with Gasteiger partial charge >= 0.3 is 0 Å². The predicted octanol–water partition coefficient (Wildman–Crippen LogP) is 0.697. The Morgan fingerprint density at radius 2 is 2.14 bits per heavy atom. The van der Waals surface area contributed by atoms with Crippen LogP contribution in [0.15, 0.2) is 35.1 Å². The second kappa shape index (κ2) is 5.35. The molecule has 1 fully saturated rings. The molecule has 1 atom stereocenters. The average molecular weight is 286 g/mol. The lowest BCUT2D eigenvalue weighted by molar-refractivity contribution is -0.127. The number of rotatable bonds is 2. The van der Waals surface area contributed by atoms with E-state index in [-0.39, 0.29) is 11.8 Å². The van der Waals surface area contributed by atoms with E-state index in [1.165, 1.54) is 6.39 Å². The molecule has 1 N–H and O–H groups in total. The monoisotopic (exact) mass is 286 g/mol. The summed E-state index contributed by atoms with van der Waals surface area (Å²) in [7, 11) is 0. The zero-order valence-corrected chi connectivity index (χ0v) is 11.4. The van der Waals surface area contributed by atoms with Crippen molar-refractivity contribution in [2.45, 2.75) is 13.0 Å². The minimum Gasteiger partial charge on any atom is -0.423 e. The van der Waals surface area contributed by atoms with Crippen molar-refractivity contribution >= 4 is 11.8 Å². The van der Waals surface area contributed by atoms with Gasteiger partial charge in [-0.2, -0.15) is 0 Å². The average Bonchev–Trinajstić information content (AvgIpc) is 3.04. The summed E-state index contributed by atoms with van der Waals surface area (Å²) in [5, 5.41) is 10.2. The van der Waals surface area contributed by atoms with Crippen molar-refractivity contribution in [1.82, 2.24) is 20.4 Å². The van der Waals surface area contributed by atoms with Crippen LogP contribution in [0.5, 0.6) is 0 Å². The Morgan fingerprint density at radius 3 is 2.81 bits per heavy atom. The molecule has 0 spiro atoms. The summed E-state index contributed by atoms with van der Waals surface area (Å²) in [6, 6.07) is 6.43. The van der Waals surface area contributed by atoms with Gasteiger partial charge in [0.1, 0.15) is 6.04 Å². The number of nitrogens with one attached hydrogen (secondary N) is 1. The lowest BCUT2D eigenvalue weighted by Gasteiger charge is -2.32. The second-order valence-electron chi connectivity index (χ2n) is 4.79. The highest BCUT2D eigenvalue weighted by atomic mass is 16.4. The van der Waals surface area contributed by atoms with Crippen molar-refractivity contribution in [2.24, 2.45) is 0 Å². The molecular formula is C14H14N4O3. The molecule has 21 heavy (non-hydrogen) atoms. The van der Waals surface area contributed by atoms with E-state index in [0.29, 0.717) is 24.5 Å². The van der Waals surface area contributed by atoms with Gasteiger partial charge in [0.05, 0.1) is 0 Å². The molecule has 1 aliphatic heterocycles. The Bertz CT molecular complexity index is 651. The fourth-order valence-electron chi connectivity index (χ4n) is 2.28. The van der Waals surface area contributed by atoms with Gasteiger partial charge in [0.25, 0.3) is 5.91 Å². The predicted molar refractivity (Wildman–Crippen MR) is 73.2 cm³/mol. The Kier molecular flexibility index (Phi) is 3.39. The van der Waals surface area contributed by atoms with Crippen LogP contribution in [-0.4, -0.2) is 46.0 Å². The highest BCUT2D eigenvalue weighted by molar-refractivity contribution is 5.98. The Labute approximate surface area is 121 Å². The molecule has 2 amide bonds. The van der Waals surface area contributed by atoms with E-state index in [1.807, 2.05) is 0 Å². The maximum Gasteiger partial charge on any atom is 0.254 e. The van der Waals surface area contributed by atoms with Gasteiger partial charge in [0.15, 0.2) is 0 Å². The van der Waals surface area contributed by atoms with E-state index < -0.39 is 6.04 Å². The molecule has 2 heterocycles. The summed E-state index contributed by atoms with van der Waals surface area (Å²) in [6.45, 7) is 2.71. The zero-order valence-electron chi connectivity index (χ0n) is 11.4. The Balaban J connectivity index is 1.80. The van der Waals surface area contributed by atoms with Crippen molar-refractivity contribution in [3.05, 3.63) is 36.2 Å². The van der Waals surface area contributed by atoms with Crippen LogP contribution < -0.4 is 5.32 Å². The number of hydrogen-bond donors (Lipinski definition) is 1. The van der Waals surface area contributed by atoms with Crippen LogP contribution >= 0.6 is 0 Å². The highest BCUT2D eigenvalue weighted by Gasteiger charge is 2.29. The minimum atomic E-state index is -0.457. The SMILES string of the molecule is CC1C(=O)NCCN1C(=O)c1ccc(-c2nnco2)cc1. The molecule has 2 aromatic rings. The molecule has 1 unspecified atom stereocenters. The molecule has 0 bridgehead atoms. The number of carbonyl (C=O) groups is 2. The summed E-state index contributed by atoms with van der Waals surface area (Å²) in [5.74, 6) is 0.117. The molecule has 1 saturated heterocycles. The third kappa shape index (κ3) is 2.49. The first kappa shape index (κ1) is 13.3. The molecule has 1 aliphatic rings. The topological polar surface area (TPSA) is 88.3 Å². The fraction of sp³-hybridized carbons (Fsp3) is 0.286. The van der Waals surface area contributed by atoms with Crippen molar-refractivity contribution in [2.75, 3.05) is 13.1 Å². The minimum absolute atomic E-state index is 0.128. The van der Waals surface area contributed by atoms with Gasteiger partial charge in [-0.3, -0.25) is 9.59 Å². The third-order valence-electron chi connectivity index (χ3n) is 3.50. The first-order chi connectivity index (χ1) is 10.2. The second-order valence-corrected chi connectivity index (χ2v) is 4.79. The lowest BCUT2D eigenvalue weighted by Crippen LogP contribution is -2.55. The highest BCUT2D eigenvalue weighted by Crippen LogP contribution is 2.18. The van der Waals surface area contributed by atoms with E-state index in [9.17, 15) is 9.59 Å². The van der Waals surface area contributed by atoms with Crippen molar-refractivity contribution < 1.29 is 14.0 Å². The quantitative estimate of drug-likeness (QED) is 0.877. The summed E-state index contributed by atoms with van der Waals surface area (Å²) >= 11 is 0. The largest absolute Gasteiger partial charge is 0.423 e. The van der Waals surface area contributed by atoms with Crippen molar-refractivity contribution in [1.29, 1.82) is 0 Å². The van der Waals surface area contributed by atoms with Crippen LogP contribution in [-0.2, 0) is 4.79 Å². The lowest BCUT2D eigenvalue weighted by atomic mass is 10.1. The molecule has 108 valence electrons. The van der Waals surface area contributed by atoms with Crippen LogP contribution in [0.3, 0.4) is 0 Å². The third-order valence-corrected chi connectivity index (χ3v) is 3.50. The van der Waals surface area contributed by atoms with Gasteiger partial charge in [0.2, 0.25) is 18.2 Å². The molecule has 0 aliphatic carbocycles. The van der Waals surface area contributed by atoms with Crippen molar-refractivity contribution in [3.8, 4) is 11.5 Å². The first-order valence-corrected chi connectivity index (χ1v) is 6.62. The number of carbonyl (C=O) groups excluding carboxylic acids is 2. The molecule has 0 saturated carbocycles. The molecule has 1 aromatic carbocycles. The van der Waals surface area contributed by atoms with Crippen LogP contribution in [0, 0.1) is 0 Å². The van der Waals surface area contributed by atoms with Crippen LogP contribution in [0.4, 0.5) is 0 Å². The molecule has 1 aromatic heterocycles. The maximum absolute atomic E-state index is 12.4. The Hall–Kier alpha value is -2.70. The number of aromatic nitrogens is 2. The number of benzene rings is 1. The first-order valence-electron chi connectivity index (χ1n) is 6.62. The van der Waals surface area contributed by atoms with Gasteiger partial charge in [-0.05, 0) is 31.2 Å². The number of piperazine rings is 1. The molecule has 0 radical (unpaired) electrons. The van der Waals surface area contributed by atoms with E-state index in [4.69, 9.17) is 4.42 Å². The van der Waals surface area contributed by atoms with Gasteiger partial charge in [0, 0.05) is 24.2 Å². The molecule has 7 nitrogen and oxygen atoms in total. The fourth-order valence-corrected chi connectivity index (χ4v) is 2.28. The smallest absolute Gasteiger partial charge is 0.254 e. The van der Waals surface area contributed by atoms with Crippen LogP contribution in [0.2, 0.25) is 0 Å². The number of nitrogens with zero attached hydrogens (tertiary/aromatic N) is 3. The number of amides is 2. The van der Waals surface area contributed by atoms with E-state index in [1.54, 1.807) is 36.1 Å². The molecular weight excluding hydrogens is 272 g/mol. The van der Waals surface area contributed by atoms with Crippen LogP contribution in [0.1, 0.15) is 17.3 Å². The van der Waals surface area contributed by atoms with Gasteiger partial charge in [-0.15, -0.1) is 10.2 Å². The molecule has 7 heteroatoms. The van der Waals surface area contributed by atoms with Crippen LogP contribution in [0.25, 0.3) is 11.5 Å². The summed E-state index contributed by atoms with van der Waals surface area (Å²) in [4.78, 5) is 25.6. The van der Waals surface area contributed by atoms with E-state index in [2.05, 4.69) is 15.5 Å². The van der Waals surface area contributed by atoms with Crippen molar-refractivity contribution in [3.63, 3.8) is 0 Å². The standard InChI is InChI=1S/C14H14N4O3/c1-9-12(19)15-6-7-18(9)14(20)11-4-2-10(3-5-11)13-17-16-8-21-13/h2-5,8-9H,6-7H2,1H3,(H,15,19). The normalized spacial score (nSPS) is 18.4. The number of hydrogen-bond acceptors (Lipinski definition) is 5. The maximum atomic E-state index is 12.4. The van der Waals surface area contributed by atoms with E-state index in [0.717, 1.165) is 5.56 Å². The van der Waals surface area contributed by atoms with E-state index >= 15 is 0 Å². The Morgan fingerprint density at radius 1 is 1.38 bits per heavy atom. The van der Waals surface area contributed by atoms with Gasteiger partial charge in [-0.1, -0.05) is 0 Å².